The first-order valence-corrected chi connectivity index (χ1v) is 8.05. The first-order chi connectivity index (χ1) is 11.2. The summed E-state index contributed by atoms with van der Waals surface area (Å²) in [7, 11) is 1.24. The zero-order valence-electron chi connectivity index (χ0n) is 13.9. The van der Waals surface area contributed by atoms with Crippen LogP contribution in [-0.4, -0.2) is 23.0 Å². The van der Waals surface area contributed by atoms with E-state index in [1.165, 1.54) is 36.6 Å². The molecule has 7 nitrogen and oxygen atoms in total. The number of methoxy groups -OCH3 is 1. The van der Waals surface area contributed by atoms with E-state index in [1.807, 2.05) is 5.38 Å². The molecule has 24 heavy (non-hydrogen) atoms. The van der Waals surface area contributed by atoms with Gasteiger partial charge in [-0.1, -0.05) is 20.8 Å². The fourth-order valence-electron chi connectivity index (χ4n) is 1.89. The molecule has 1 heterocycles. The zero-order chi connectivity index (χ0) is 17.9. The van der Waals surface area contributed by atoms with Crippen molar-refractivity contribution in [2.24, 2.45) is 0 Å². The fraction of sp³-hybridized carbons (Fsp3) is 0.375. The summed E-state index contributed by atoms with van der Waals surface area (Å²) in [5.74, 6) is -0.577. The van der Waals surface area contributed by atoms with E-state index in [-0.39, 0.29) is 29.0 Å². The van der Waals surface area contributed by atoms with Gasteiger partial charge in [-0.2, -0.15) is 0 Å². The van der Waals surface area contributed by atoms with Gasteiger partial charge in [0.1, 0.15) is 6.61 Å². The molecule has 0 fully saturated rings. The minimum Gasteiger partial charge on any atom is -0.480 e. The Morgan fingerprint density at radius 2 is 2.08 bits per heavy atom. The van der Waals surface area contributed by atoms with E-state index in [1.54, 1.807) is 0 Å². The molecule has 1 aromatic carbocycles. The standard InChI is InChI=1S/C16H18N2O5S/c1-16(2,3)15-17-11(9-24-15)8-23-13-7-10(14(19)22-4)5-6-12(13)18(20)21/h5-7,9H,8H2,1-4H3. The maximum Gasteiger partial charge on any atom is 0.337 e. The molecule has 0 aliphatic rings. The van der Waals surface area contributed by atoms with Crippen LogP contribution >= 0.6 is 11.3 Å². The molecule has 2 rings (SSSR count). The number of esters is 1. The Hall–Kier alpha value is -2.48. The van der Waals surface area contributed by atoms with Crippen LogP contribution in [0.5, 0.6) is 5.75 Å². The Bertz CT molecular complexity index is 764. The molecular weight excluding hydrogens is 332 g/mol. The van der Waals surface area contributed by atoms with Gasteiger partial charge in [0.05, 0.1) is 28.3 Å². The van der Waals surface area contributed by atoms with Crippen molar-refractivity contribution in [1.29, 1.82) is 0 Å². The number of carbonyl (C=O) groups is 1. The number of nitro groups is 1. The van der Waals surface area contributed by atoms with Gasteiger partial charge in [-0.05, 0) is 6.07 Å². The second kappa shape index (κ2) is 6.96. The summed E-state index contributed by atoms with van der Waals surface area (Å²) in [6.07, 6.45) is 0. The summed E-state index contributed by atoms with van der Waals surface area (Å²) in [5, 5.41) is 13.9. The lowest BCUT2D eigenvalue weighted by Crippen LogP contribution is -2.11. The Labute approximate surface area is 143 Å². The number of benzene rings is 1. The van der Waals surface area contributed by atoms with E-state index in [9.17, 15) is 14.9 Å². The molecule has 0 radical (unpaired) electrons. The molecule has 0 unspecified atom stereocenters. The average molecular weight is 350 g/mol. The van der Waals surface area contributed by atoms with Crippen molar-refractivity contribution in [1.82, 2.24) is 4.98 Å². The van der Waals surface area contributed by atoms with Crippen molar-refractivity contribution in [3.05, 3.63) is 50.0 Å². The van der Waals surface area contributed by atoms with Gasteiger partial charge >= 0.3 is 11.7 Å². The highest BCUT2D eigenvalue weighted by atomic mass is 32.1. The summed E-state index contributed by atoms with van der Waals surface area (Å²) in [4.78, 5) is 26.6. The van der Waals surface area contributed by atoms with Crippen LogP contribution in [0.15, 0.2) is 23.6 Å². The summed E-state index contributed by atoms with van der Waals surface area (Å²) in [5.41, 5.74) is 0.586. The Morgan fingerprint density at radius 3 is 2.62 bits per heavy atom. The molecular formula is C16H18N2O5S. The van der Waals surface area contributed by atoms with Crippen LogP contribution in [0.1, 0.15) is 41.8 Å². The van der Waals surface area contributed by atoms with Crippen molar-refractivity contribution in [2.75, 3.05) is 7.11 Å². The molecule has 0 amide bonds. The van der Waals surface area contributed by atoms with Gasteiger partial charge in [0.15, 0.2) is 5.75 Å². The number of hydrogen-bond acceptors (Lipinski definition) is 7. The highest BCUT2D eigenvalue weighted by Gasteiger charge is 2.21. The molecule has 0 bridgehead atoms. The van der Waals surface area contributed by atoms with Crippen LogP contribution in [0, 0.1) is 10.1 Å². The Kier molecular flexibility index (Phi) is 5.18. The quantitative estimate of drug-likeness (QED) is 0.464. The summed E-state index contributed by atoms with van der Waals surface area (Å²) in [6, 6.07) is 3.86. The number of carbonyl (C=O) groups excluding carboxylic acids is 1. The van der Waals surface area contributed by atoms with Crippen molar-refractivity contribution >= 4 is 23.0 Å². The predicted octanol–water partition coefficient (Wildman–Crippen LogP) is 3.71. The van der Waals surface area contributed by atoms with E-state index < -0.39 is 10.9 Å². The summed E-state index contributed by atoms with van der Waals surface area (Å²) in [6.45, 7) is 6.25. The highest BCUT2D eigenvalue weighted by molar-refractivity contribution is 7.09. The average Bonchev–Trinajstić information content (AvgIpc) is 3.00. The van der Waals surface area contributed by atoms with Gasteiger partial charge in [-0.15, -0.1) is 11.3 Å². The molecule has 8 heteroatoms. The van der Waals surface area contributed by atoms with Crippen molar-refractivity contribution in [3.8, 4) is 5.75 Å². The van der Waals surface area contributed by atoms with Crippen molar-refractivity contribution in [3.63, 3.8) is 0 Å². The lowest BCUT2D eigenvalue weighted by Gasteiger charge is -2.13. The Morgan fingerprint density at radius 1 is 1.38 bits per heavy atom. The summed E-state index contributed by atoms with van der Waals surface area (Å²) >= 11 is 1.51. The third-order valence-electron chi connectivity index (χ3n) is 3.15. The predicted molar refractivity (Wildman–Crippen MR) is 89.6 cm³/mol. The van der Waals surface area contributed by atoms with E-state index in [0.717, 1.165) is 5.01 Å². The summed E-state index contributed by atoms with van der Waals surface area (Å²) < 4.78 is 10.2. The van der Waals surface area contributed by atoms with Gasteiger partial charge < -0.3 is 9.47 Å². The van der Waals surface area contributed by atoms with Crippen molar-refractivity contribution < 1.29 is 19.2 Å². The third kappa shape index (κ3) is 4.08. The van der Waals surface area contributed by atoms with Gasteiger partial charge in [-0.25, -0.2) is 9.78 Å². The lowest BCUT2D eigenvalue weighted by atomic mass is 9.98. The molecule has 128 valence electrons. The molecule has 0 atom stereocenters. The second-order valence-corrected chi connectivity index (χ2v) is 6.97. The topological polar surface area (TPSA) is 91.6 Å². The molecule has 1 aromatic heterocycles. The van der Waals surface area contributed by atoms with Gasteiger partial charge in [0, 0.05) is 22.9 Å². The molecule has 0 aliphatic heterocycles. The van der Waals surface area contributed by atoms with Crippen LogP contribution in [0.3, 0.4) is 0 Å². The Balaban J connectivity index is 2.22. The third-order valence-corrected chi connectivity index (χ3v) is 4.46. The van der Waals surface area contributed by atoms with Crippen LogP contribution in [0.4, 0.5) is 5.69 Å². The molecule has 0 aliphatic carbocycles. The molecule has 0 spiro atoms. The number of nitro benzene ring substituents is 1. The maximum absolute atomic E-state index is 11.6. The molecule has 0 saturated carbocycles. The first-order valence-electron chi connectivity index (χ1n) is 7.17. The zero-order valence-corrected chi connectivity index (χ0v) is 14.7. The van der Waals surface area contributed by atoms with E-state index in [4.69, 9.17) is 4.74 Å². The van der Waals surface area contributed by atoms with Gasteiger partial charge in [-0.3, -0.25) is 10.1 Å². The number of hydrogen-bond donors (Lipinski definition) is 0. The van der Waals surface area contributed by atoms with Gasteiger partial charge in [0.2, 0.25) is 0 Å². The molecule has 2 aromatic rings. The minimum atomic E-state index is -0.585. The van der Waals surface area contributed by atoms with Crippen LogP contribution < -0.4 is 4.74 Å². The number of nitrogens with zero attached hydrogens (tertiary/aromatic N) is 2. The second-order valence-electron chi connectivity index (χ2n) is 6.11. The van der Waals surface area contributed by atoms with Gasteiger partial charge in [0.25, 0.3) is 0 Å². The normalized spacial score (nSPS) is 11.2. The number of ether oxygens (including phenoxy) is 2. The fourth-order valence-corrected chi connectivity index (χ4v) is 2.79. The SMILES string of the molecule is COC(=O)c1ccc([N+](=O)[O-])c(OCc2csc(C(C)(C)C)n2)c1. The van der Waals surface area contributed by atoms with Crippen LogP contribution in [0.2, 0.25) is 0 Å². The van der Waals surface area contributed by atoms with Crippen LogP contribution in [0.25, 0.3) is 0 Å². The largest absolute Gasteiger partial charge is 0.480 e. The van der Waals surface area contributed by atoms with Crippen molar-refractivity contribution in [2.45, 2.75) is 32.8 Å². The number of aromatic nitrogens is 1. The van der Waals surface area contributed by atoms with E-state index in [2.05, 4.69) is 30.5 Å². The number of thiazole rings is 1. The smallest absolute Gasteiger partial charge is 0.337 e. The van der Waals surface area contributed by atoms with Crippen LogP contribution in [-0.2, 0) is 16.8 Å². The molecule has 0 saturated heterocycles. The molecule has 0 N–H and O–H groups in total. The minimum absolute atomic E-state index is 0.00760. The monoisotopic (exact) mass is 350 g/mol. The highest BCUT2D eigenvalue weighted by Crippen LogP contribution is 2.30. The van der Waals surface area contributed by atoms with E-state index in [0.29, 0.717) is 5.69 Å². The lowest BCUT2D eigenvalue weighted by molar-refractivity contribution is -0.385. The number of rotatable bonds is 5. The maximum atomic E-state index is 11.6. The first kappa shape index (κ1) is 17.9. The van der Waals surface area contributed by atoms with E-state index >= 15 is 0 Å².